The van der Waals surface area contributed by atoms with Crippen molar-refractivity contribution in [1.29, 1.82) is 0 Å². The molecule has 0 heterocycles. The number of benzene rings is 1. The normalized spacial score (nSPS) is 8.00. The maximum atomic E-state index is 10.3. The van der Waals surface area contributed by atoms with Gasteiger partial charge in [0, 0.05) is 5.97 Å². The number of aryl methyl sites for hydroxylation is 1. The Morgan fingerprint density at radius 2 is 1.67 bits per heavy atom. The third kappa shape index (κ3) is 12.1. The van der Waals surface area contributed by atoms with Gasteiger partial charge in [-0.25, -0.2) is 0 Å². The fourth-order valence-corrected chi connectivity index (χ4v) is 1.34. The molecule has 1 aromatic rings. The van der Waals surface area contributed by atoms with Gasteiger partial charge in [0.25, 0.3) is 0 Å². The molecule has 0 bridgehead atoms. The van der Waals surface area contributed by atoms with Gasteiger partial charge < -0.3 is 41.2 Å². The van der Waals surface area contributed by atoms with E-state index in [2.05, 4.69) is 5.32 Å². The average molecular weight is 351 g/mol. The van der Waals surface area contributed by atoms with E-state index in [1.807, 2.05) is 0 Å². The van der Waals surface area contributed by atoms with Crippen molar-refractivity contribution in [2.24, 2.45) is 0 Å². The molecule has 1 rings (SSSR count). The molecule has 0 saturated heterocycles. The van der Waals surface area contributed by atoms with Crippen molar-refractivity contribution in [3.8, 4) is 5.75 Å². The van der Waals surface area contributed by atoms with Crippen molar-refractivity contribution in [2.45, 2.75) is 12.8 Å². The van der Waals surface area contributed by atoms with E-state index in [0.717, 1.165) is 0 Å². The van der Waals surface area contributed by atoms with Crippen LogP contribution in [0.5, 0.6) is 5.75 Å². The number of hydrogen-bond donors (Lipinski definition) is 2. The van der Waals surface area contributed by atoms with Crippen LogP contribution in [0.4, 0.5) is 5.69 Å². The molecule has 0 fully saturated rings. The van der Waals surface area contributed by atoms with E-state index >= 15 is 0 Å². The number of carbonyl (C=O) groups is 2. The predicted molar refractivity (Wildman–Crippen MR) is 62.2 cm³/mol. The summed E-state index contributed by atoms with van der Waals surface area (Å²) in [6.07, 6.45) is -0.0908. The fraction of sp³-hybridized carbons (Fsp3) is 0.273. The third-order valence-corrected chi connectivity index (χ3v) is 2.14. The van der Waals surface area contributed by atoms with Crippen molar-refractivity contribution in [3.63, 3.8) is 0 Å². The van der Waals surface area contributed by atoms with E-state index in [0.29, 0.717) is 5.56 Å². The van der Waals surface area contributed by atoms with E-state index < -0.39 is 18.5 Å². The van der Waals surface area contributed by atoms with Crippen LogP contribution in [0.25, 0.3) is 0 Å². The van der Waals surface area contributed by atoms with E-state index in [-0.39, 0.29) is 138 Å². The number of aromatic hydroxyl groups is 1. The minimum absolute atomic E-state index is 0. The number of anilines is 1. The minimum atomic E-state index is -1.30. The minimum Gasteiger partial charge on any atom is -0.550 e. The summed E-state index contributed by atoms with van der Waals surface area (Å²) in [6, 6.07) is 4.63. The van der Waals surface area contributed by atoms with Gasteiger partial charge in [0.05, 0.1) is 18.2 Å². The quantitative estimate of drug-likeness (QED) is 0.380. The molecule has 0 aliphatic heterocycles. The molecule has 108 valence electrons. The first-order chi connectivity index (χ1) is 8.00. The standard InChI is InChI=1S/C11H13NO5.2K.2H2O/c13-9(14)5-4-7-2-1-3-8(11(7)17)12-6-10(15)16;;;;/h1-3,12,17H,4-6H2,(H,13,14)(H,15,16);;;2*1H2/q;2*+1;;/p-2. The Morgan fingerprint density at radius 3 is 2.14 bits per heavy atom. The van der Waals surface area contributed by atoms with Crippen LogP contribution in [0.3, 0.4) is 0 Å². The van der Waals surface area contributed by atoms with Crippen molar-refractivity contribution in [1.82, 2.24) is 0 Å². The van der Waals surface area contributed by atoms with Gasteiger partial charge in [0.1, 0.15) is 5.75 Å². The summed E-state index contributed by atoms with van der Waals surface area (Å²) < 4.78 is 0. The monoisotopic (exact) mass is 351 g/mol. The zero-order chi connectivity index (χ0) is 12.8. The molecule has 0 spiro atoms. The average Bonchev–Trinajstić information content (AvgIpc) is 2.25. The Morgan fingerprint density at radius 1 is 1.10 bits per heavy atom. The number of hydrogen-bond acceptors (Lipinski definition) is 6. The second kappa shape index (κ2) is 15.8. The Kier molecular flexibility index (Phi) is 22.5. The topological polar surface area (TPSA) is 176 Å². The molecule has 0 aliphatic rings. The summed E-state index contributed by atoms with van der Waals surface area (Å²) in [6.45, 7) is -0.433. The molecule has 0 atom stereocenters. The fourth-order valence-electron chi connectivity index (χ4n) is 1.34. The molecule has 1 aromatic carbocycles. The van der Waals surface area contributed by atoms with Gasteiger partial charge in [-0.1, -0.05) is 12.1 Å². The molecular weight excluding hydrogens is 336 g/mol. The van der Waals surface area contributed by atoms with E-state index in [1.165, 1.54) is 6.07 Å². The van der Waals surface area contributed by atoms with Crippen LogP contribution in [-0.2, 0) is 16.0 Å². The van der Waals surface area contributed by atoms with Crippen LogP contribution >= 0.6 is 0 Å². The van der Waals surface area contributed by atoms with Gasteiger partial charge in [0.15, 0.2) is 0 Å². The van der Waals surface area contributed by atoms with Crippen molar-refractivity contribution in [2.75, 3.05) is 11.9 Å². The first-order valence-electron chi connectivity index (χ1n) is 4.95. The Bertz CT molecular complexity index is 406. The maximum Gasteiger partial charge on any atom is 1.00 e. The van der Waals surface area contributed by atoms with Gasteiger partial charge in [0.2, 0.25) is 0 Å². The van der Waals surface area contributed by atoms with Crippen LogP contribution in [0.1, 0.15) is 12.0 Å². The molecule has 0 amide bonds. The third-order valence-electron chi connectivity index (χ3n) is 2.14. The van der Waals surface area contributed by atoms with Crippen LogP contribution in [-0.4, -0.2) is 34.5 Å². The number of nitrogens with one attached hydrogen (secondary N) is 1. The maximum absolute atomic E-state index is 10.3. The predicted octanol–water partition coefficient (Wildman–Crippen LogP) is -9.40. The van der Waals surface area contributed by atoms with E-state index in [9.17, 15) is 24.9 Å². The molecule has 21 heavy (non-hydrogen) atoms. The molecule has 0 aromatic heterocycles. The summed E-state index contributed by atoms with van der Waals surface area (Å²) >= 11 is 0. The zero-order valence-electron chi connectivity index (χ0n) is 11.9. The van der Waals surface area contributed by atoms with Gasteiger partial charge in [-0.15, -0.1) is 0 Å². The number of aliphatic carboxylic acids is 2. The summed E-state index contributed by atoms with van der Waals surface area (Å²) in [5, 5.41) is 32.7. The largest absolute Gasteiger partial charge is 1.00 e. The van der Waals surface area contributed by atoms with Crippen LogP contribution in [0.15, 0.2) is 18.2 Å². The number of carboxylic acids is 2. The van der Waals surface area contributed by atoms with Crippen LogP contribution < -0.4 is 118 Å². The molecule has 0 saturated carbocycles. The molecule has 8 nitrogen and oxygen atoms in total. The number of rotatable bonds is 6. The van der Waals surface area contributed by atoms with Crippen LogP contribution in [0.2, 0.25) is 0 Å². The Balaban J connectivity index is -0.000000361. The SMILES string of the molecule is O.O.O=C([O-])CCc1cccc(NCC(=O)[O-])c1O.[K+].[K+]. The molecule has 0 radical (unpaired) electrons. The summed E-state index contributed by atoms with van der Waals surface area (Å²) in [7, 11) is 0. The van der Waals surface area contributed by atoms with E-state index in [1.54, 1.807) is 12.1 Å². The second-order valence-electron chi connectivity index (χ2n) is 3.41. The molecule has 0 aliphatic carbocycles. The molecular formula is C11H15K2NO7. The van der Waals surface area contributed by atoms with Crippen molar-refractivity contribution >= 4 is 17.6 Å². The van der Waals surface area contributed by atoms with E-state index in [4.69, 9.17) is 0 Å². The number of carboxylic acid groups (broad SMARTS) is 2. The smallest absolute Gasteiger partial charge is 0.550 e. The van der Waals surface area contributed by atoms with Crippen LogP contribution in [0, 0.1) is 0 Å². The summed E-state index contributed by atoms with van der Waals surface area (Å²) in [5.41, 5.74) is 0.641. The van der Waals surface area contributed by atoms with Gasteiger partial charge >= 0.3 is 103 Å². The number of phenolic OH excluding ortho intramolecular Hbond substituents is 1. The molecule has 0 unspecified atom stereocenters. The Labute approximate surface area is 206 Å². The Hall–Kier alpha value is 0.953. The first kappa shape index (κ1) is 29.9. The number of para-hydroxylation sites is 1. The first-order valence-corrected chi connectivity index (χ1v) is 4.95. The van der Waals surface area contributed by atoms with Gasteiger partial charge in [-0.2, -0.15) is 0 Å². The number of carbonyl (C=O) groups excluding carboxylic acids is 2. The summed E-state index contributed by atoms with van der Waals surface area (Å²) in [4.78, 5) is 20.5. The van der Waals surface area contributed by atoms with Crippen molar-refractivity contribution < 1.29 is 139 Å². The summed E-state index contributed by atoms with van der Waals surface area (Å²) in [5.74, 6) is -2.67. The van der Waals surface area contributed by atoms with Gasteiger partial charge in [-0.3, -0.25) is 0 Å². The molecule has 10 heteroatoms. The zero-order valence-corrected chi connectivity index (χ0v) is 18.2. The number of phenols is 1. The van der Waals surface area contributed by atoms with Crippen molar-refractivity contribution in [3.05, 3.63) is 23.8 Å². The van der Waals surface area contributed by atoms with Gasteiger partial charge in [-0.05, 0) is 24.5 Å². The molecule has 6 N–H and O–H groups in total. The second-order valence-corrected chi connectivity index (χ2v) is 3.41.